The fourth-order valence-corrected chi connectivity index (χ4v) is 1.44. The molecule has 1 aromatic carbocycles. The second-order valence-electron chi connectivity index (χ2n) is 3.37. The van der Waals surface area contributed by atoms with Crippen molar-refractivity contribution in [3.63, 3.8) is 0 Å². The van der Waals surface area contributed by atoms with Crippen LogP contribution in [0.5, 0.6) is 5.75 Å². The average molecular weight is 243 g/mol. The molecular weight excluding hydrogens is 228 g/mol. The second-order valence-corrected chi connectivity index (χ2v) is 3.78. The maximum atomic E-state index is 11.4. The van der Waals surface area contributed by atoms with Crippen molar-refractivity contribution in [2.24, 2.45) is 0 Å². The number of rotatable bonds is 4. The van der Waals surface area contributed by atoms with E-state index in [2.05, 4.69) is 5.32 Å². The standard InChI is InChI=1S/C11H15ClN2O2/c1-3-4-11(15)14-9-5-7(12)8(13)6-10(9)16-2/h5-6H,3-4,13H2,1-2H3,(H,14,15). The molecule has 0 heterocycles. The third-order valence-electron chi connectivity index (χ3n) is 2.07. The molecule has 0 atom stereocenters. The Balaban J connectivity index is 2.94. The molecule has 1 rings (SSSR count). The fourth-order valence-electron chi connectivity index (χ4n) is 1.28. The van der Waals surface area contributed by atoms with Gasteiger partial charge in [0.15, 0.2) is 0 Å². The van der Waals surface area contributed by atoms with Crippen LogP contribution in [-0.4, -0.2) is 13.0 Å². The number of ether oxygens (including phenoxy) is 1. The van der Waals surface area contributed by atoms with Crippen LogP contribution in [0.3, 0.4) is 0 Å². The normalized spacial score (nSPS) is 9.94. The van der Waals surface area contributed by atoms with E-state index in [1.807, 2.05) is 6.92 Å². The predicted octanol–water partition coefficient (Wildman–Crippen LogP) is 2.67. The van der Waals surface area contributed by atoms with Crippen molar-refractivity contribution >= 4 is 28.9 Å². The van der Waals surface area contributed by atoms with Gasteiger partial charge in [-0.1, -0.05) is 18.5 Å². The number of amides is 1. The zero-order chi connectivity index (χ0) is 12.1. The number of hydrogen-bond donors (Lipinski definition) is 2. The third-order valence-corrected chi connectivity index (χ3v) is 2.40. The van der Waals surface area contributed by atoms with Crippen LogP contribution in [-0.2, 0) is 4.79 Å². The van der Waals surface area contributed by atoms with Crippen molar-refractivity contribution < 1.29 is 9.53 Å². The molecule has 1 amide bonds. The Morgan fingerprint density at radius 3 is 2.81 bits per heavy atom. The maximum Gasteiger partial charge on any atom is 0.224 e. The molecule has 3 N–H and O–H groups in total. The maximum absolute atomic E-state index is 11.4. The van der Waals surface area contributed by atoms with E-state index in [0.29, 0.717) is 28.6 Å². The number of halogens is 1. The number of methoxy groups -OCH3 is 1. The van der Waals surface area contributed by atoms with E-state index in [-0.39, 0.29) is 5.91 Å². The summed E-state index contributed by atoms with van der Waals surface area (Å²) in [6.07, 6.45) is 1.25. The summed E-state index contributed by atoms with van der Waals surface area (Å²) in [5, 5.41) is 3.12. The smallest absolute Gasteiger partial charge is 0.224 e. The highest BCUT2D eigenvalue weighted by atomic mass is 35.5. The summed E-state index contributed by atoms with van der Waals surface area (Å²) in [6, 6.07) is 3.17. The molecule has 0 aromatic heterocycles. The number of carbonyl (C=O) groups is 1. The average Bonchev–Trinajstić information content (AvgIpc) is 2.23. The van der Waals surface area contributed by atoms with E-state index in [0.717, 1.165) is 6.42 Å². The van der Waals surface area contributed by atoms with Gasteiger partial charge in [-0.15, -0.1) is 0 Å². The molecule has 0 aliphatic carbocycles. The molecule has 5 heteroatoms. The van der Waals surface area contributed by atoms with Crippen molar-refractivity contribution in [3.8, 4) is 5.75 Å². The van der Waals surface area contributed by atoms with Crippen molar-refractivity contribution in [1.29, 1.82) is 0 Å². The van der Waals surface area contributed by atoms with Crippen LogP contribution >= 0.6 is 11.6 Å². The van der Waals surface area contributed by atoms with Gasteiger partial charge in [0.2, 0.25) is 5.91 Å². The molecule has 0 bridgehead atoms. The lowest BCUT2D eigenvalue weighted by atomic mass is 10.2. The highest BCUT2D eigenvalue weighted by Crippen LogP contribution is 2.32. The minimum Gasteiger partial charge on any atom is -0.494 e. The van der Waals surface area contributed by atoms with Gasteiger partial charge in [0, 0.05) is 12.5 Å². The summed E-state index contributed by atoms with van der Waals surface area (Å²) < 4.78 is 5.11. The zero-order valence-corrected chi connectivity index (χ0v) is 10.1. The van der Waals surface area contributed by atoms with E-state index in [4.69, 9.17) is 22.1 Å². The van der Waals surface area contributed by atoms with Gasteiger partial charge in [-0.3, -0.25) is 4.79 Å². The summed E-state index contributed by atoms with van der Waals surface area (Å²) in [6.45, 7) is 1.94. The first-order valence-corrected chi connectivity index (χ1v) is 5.39. The molecule has 1 aromatic rings. The van der Waals surface area contributed by atoms with Crippen LogP contribution < -0.4 is 15.8 Å². The van der Waals surface area contributed by atoms with Crippen molar-refractivity contribution in [2.45, 2.75) is 19.8 Å². The predicted molar refractivity (Wildman–Crippen MR) is 66.0 cm³/mol. The van der Waals surface area contributed by atoms with Crippen LogP contribution in [0.4, 0.5) is 11.4 Å². The summed E-state index contributed by atoms with van der Waals surface area (Å²) >= 11 is 5.87. The number of benzene rings is 1. The summed E-state index contributed by atoms with van der Waals surface area (Å²) in [5.74, 6) is 0.438. The molecule has 4 nitrogen and oxygen atoms in total. The lowest BCUT2D eigenvalue weighted by molar-refractivity contribution is -0.116. The van der Waals surface area contributed by atoms with E-state index >= 15 is 0 Å². The lowest BCUT2D eigenvalue weighted by Crippen LogP contribution is -2.11. The summed E-state index contributed by atoms with van der Waals surface area (Å²) in [5.41, 5.74) is 6.59. The minimum absolute atomic E-state index is 0.0679. The van der Waals surface area contributed by atoms with Crippen molar-refractivity contribution in [2.75, 3.05) is 18.2 Å². The van der Waals surface area contributed by atoms with Crippen molar-refractivity contribution in [1.82, 2.24) is 0 Å². The van der Waals surface area contributed by atoms with Crippen LogP contribution in [0, 0.1) is 0 Å². The van der Waals surface area contributed by atoms with E-state index in [9.17, 15) is 4.79 Å². The van der Waals surface area contributed by atoms with Gasteiger partial charge >= 0.3 is 0 Å². The lowest BCUT2D eigenvalue weighted by Gasteiger charge is -2.11. The number of anilines is 2. The van der Waals surface area contributed by atoms with Crippen molar-refractivity contribution in [3.05, 3.63) is 17.2 Å². The minimum atomic E-state index is -0.0679. The third kappa shape index (κ3) is 3.03. The SMILES string of the molecule is CCCC(=O)Nc1cc(Cl)c(N)cc1OC. The van der Waals surface area contributed by atoms with Crippen LogP contribution in [0.2, 0.25) is 5.02 Å². The molecule has 0 spiro atoms. The molecule has 0 unspecified atom stereocenters. The molecule has 0 aliphatic rings. The Bertz CT molecular complexity index is 394. The monoisotopic (exact) mass is 242 g/mol. The Hall–Kier alpha value is -1.42. The van der Waals surface area contributed by atoms with Crippen LogP contribution in [0.1, 0.15) is 19.8 Å². The first-order valence-electron chi connectivity index (χ1n) is 5.01. The Kier molecular flexibility index (Phi) is 4.43. The number of nitrogens with one attached hydrogen (secondary N) is 1. The molecule has 0 radical (unpaired) electrons. The highest BCUT2D eigenvalue weighted by Gasteiger charge is 2.09. The largest absolute Gasteiger partial charge is 0.494 e. The van der Waals surface area contributed by atoms with Gasteiger partial charge in [-0.25, -0.2) is 0 Å². The Labute approximate surface area is 99.7 Å². The molecule has 0 fully saturated rings. The van der Waals surface area contributed by atoms with E-state index < -0.39 is 0 Å². The van der Waals surface area contributed by atoms with E-state index in [1.165, 1.54) is 7.11 Å². The fraction of sp³-hybridized carbons (Fsp3) is 0.364. The van der Waals surface area contributed by atoms with Gasteiger partial charge in [0.05, 0.1) is 23.5 Å². The quantitative estimate of drug-likeness (QED) is 0.798. The van der Waals surface area contributed by atoms with Gasteiger partial charge in [0.1, 0.15) is 5.75 Å². The topological polar surface area (TPSA) is 64.4 Å². The molecule has 16 heavy (non-hydrogen) atoms. The van der Waals surface area contributed by atoms with Crippen LogP contribution in [0.15, 0.2) is 12.1 Å². The number of nitrogen functional groups attached to an aromatic ring is 1. The summed E-state index contributed by atoms with van der Waals surface area (Å²) in [4.78, 5) is 11.4. The first kappa shape index (κ1) is 12.6. The van der Waals surface area contributed by atoms with E-state index in [1.54, 1.807) is 12.1 Å². The number of hydrogen-bond acceptors (Lipinski definition) is 3. The number of nitrogens with two attached hydrogens (primary N) is 1. The van der Waals surface area contributed by atoms with Gasteiger partial charge in [-0.05, 0) is 12.5 Å². The second kappa shape index (κ2) is 5.61. The van der Waals surface area contributed by atoms with Gasteiger partial charge in [0.25, 0.3) is 0 Å². The molecule has 0 saturated heterocycles. The van der Waals surface area contributed by atoms with Gasteiger partial charge in [-0.2, -0.15) is 0 Å². The molecule has 88 valence electrons. The van der Waals surface area contributed by atoms with Crippen LogP contribution in [0.25, 0.3) is 0 Å². The first-order chi connectivity index (χ1) is 7.58. The molecule has 0 aliphatic heterocycles. The van der Waals surface area contributed by atoms with Gasteiger partial charge < -0.3 is 15.8 Å². The zero-order valence-electron chi connectivity index (χ0n) is 9.34. The summed E-state index contributed by atoms with van der Waals surface area (Å²) in [7, 11) is 1.51. The molecular formula is C11H15ClN2O2. The Morgan fingerprint density at radius 1 is 1.56 bits per heavy atom. The number of carbonyl (C=O) groups excluding carboxylic acids is 1. The highest BCUT2D eigenvalue weighted by molar-refractivity contribution is 6.33. The Morgan fingerprint density at radius 2 is 2.25 bits per heavy atom. The molecule has 0 saturated carbocycles.